The van der Waals surface area contributed by atoms with Crippen molar-refractivity contribution >= 4 is 17.0 Å². The zero-order chi connectivity index (χ0) is 13.4. The van der Waals surface area contributed by atoms with Gasteiger partial charge in [-0.3, -0.25) is 0 Å². The van der Waals surface area contributed by atoms with E-state index < -0.39 is 0 Å². The number of piperidine rings is 1. The SMILES string of the molecule is c1ccc2[nH]c(N3CCC(c4cnc[nH]4)CC3)nc2c1. The standard InChI is InChI=1S/C15H17N5/c1-2-4-13-12(3-1)18-15(19-13)20-7-5-11(6-8-20)14-9-16-10-17-14/h1-4,9-11H,5-8H2,(H,16,17)(H,18,19). The van der Waals surface area contributed by atoms with Gasteiger partial charge in [0.2, 0.25) is 5.95 Å². The number of nitrogens with one attached hydrogen (secondary N) is 2. The van der Waals surface area contributed by atoms with Crippen molar-refractivity contribution in [2.45, 2.75) is 18.8 Å². The van der Waals surface area contributed by atoms with E-state index in [0.29, 0.717) is 5.92 Å². The molecular weight excluding hydrogens is 250 g/mol. The Kier molecular flexibility index (Phi) is 2.69. The van der Waals surface area contributed by atoms with Crippen molar-refractivity contribution in [2.24, 2.45) is 0 Å². The van der Waals surface area contributed by atoms with Gasteiger partial charge in [0.05, 0.1) is 17.4 Å². The second-order valence-electron chi connectivity index (χ2n) is 5.35. The molecule has 1 aliphatic heterocycles. The molecular formula is C15H17N5. The van der Waals surface area contributed by atoms with Crippen LogP contribution in [0.1, 0.15) is 24.5 Å². The number of H-pyrrole nitrogens is 2. The lowest BCUT2D eigenvalue weighted by molar-refractivity contribution is 0.493. The predicted octanol–water partition coefficient (Wildman–Crippen LogP) is 2.67. The first-order valence-electron chi connectivity index (χ1n) is 7.08. The van der Waals surface area contributed by atoms with Crippen LogP contribution in [0.2, 0.25) is 0 Å². The molecule has 2 N–H and O–H groups in total. The summed E-state index contributed by atoms with van der Waals surface area (Å²) in [5, 5.41) is 0. The van der Waals surface area contributed by atoms with E-state index in [2.05, 4.69) is 30.9 Å². The van der Waals surface area contributed by atoms with Crippen LogP contribution in [0, 0.1) is 0 Å². The summed E-state index contributed by atoms with van der Waals surface area (Å²) in [5.41, 5.74) is 3.41. The highest BCUT2D eigenvalue weighted by Gasteiger charge is 2.23. The lowest BCUT2D eigenvalue weighted by atomic mass is 9.94. The van der Waals surface area contributed by atoms with Crippen LogP contribution in [0.15, 0.2) is 36.8 Å². The van der Waals surface area contributed by atoms with Gasteiger partial charge in [0, 0.05) is 30.9 Å². The molecule has 0 atom stereocenters. The number of nitrogens with zero attached hydrogens (tertiary/aromatic N) is 3. The van der Waals surface area contributed by atoms with Gasteiger partial charge in [0.15, 0.2) is 0 Å². The van der Waals surface area contributed by atoms with Gasteiger partial charge in [-0.1, -0.05) is 12.1 Å². The van der Waals surface area contributed by atoms with E-state index >= 15 is 0 Å². The Morgan fingerprint density at radius 3 is 2.75 bits per heavy atom. The highest BCUT2D eigenvalue weighted by Crippen LogP contribution is 2.28. The minimum atomic E-state index is 0.595. The normalized spacial score (nSPS) is 16.9. The van der Waals surface area contributed by atoms with Crippen LogP contribution in [-0.4, -0.2) is 33.0 Å². The van der Waals surface area contributed by atoms with Gasteiger partial charge in [0.1, 0.15) is 0 Å². The quantitative estimate of drug-likeness (QED) is 0.750. The number of rotatable bonds is 2. The molecule has 1 aromatic carbocycles. The molecule has 4 rings (SSSR count). The average Bonchev–Trinajstić information content (AvgIpc) is 3.17. The fraction of sp³-hybridized carbons (Fsp3) is 0.333. The third-order valence-corrected chi connectivity index (χ3v) is 4.13. The first-order chi connectivity index (χ1) is 9.90. The molecule has 5 heteroatoms. The van der Waals surface area contributed by atoms with E-state index in [4.69, 9.17) is 0 Å². The van der Waals surface area contributed by atoms with Crippen LogP contribution in [0.3, 0.4) is 0 Å². The van der Waals surface area contributed by atoms with Gasteiger partial charge in [-0.2, -0.15) is 0 Å². The van der Waals surface area contributed by atoms with Gasteiger partial charge >= 0.3 is 0 Å². The van der Waals surface area contributed by atoms with Crippen molar-refractivity contribution in [3.05, 3.63) is 42.5 Å². The number of anilines is 1. The van der Waals surface area contributed by atoms with E-state index in [1.165, 1.54) is 5.69 Å². The third kappa shape index (κ3) is 1.95. The molecule has 102 valence electrons. The fourth-order valence-corrected chi connectivity index (χ4v) is 2.98. The van der Waals surface area contributed by atoms with Crippen LogP contribution >= 0.6 is 0 Å². The second kappa shape index (κ2) is 4.67. The Hall–Kier alpha value is -2.30. The summed E-state index contributed by atoms with van der Waals surface area (Å²) in [4.78, 5) is 17.8. The van der Waals surface area contributed by atoms with Crippen molar-refractivity contribution in [1.82, 2.24) is 19.9 Å². The van der Waals surface area contributed by atoms with Crippen LogP contribution in [0.4, 0.5) is 5.95 Å². The molecule has 0 spiro atoms. The fourth-order valence-electron chi connectivity index (χ4n) is 2.98. The summed E-state index contributed by atoms with van der Waals surface area (Å²) in [6.07, 6.45) is 5.99. The van der Waals surface area contributed by atoms with E-state index in [0.717, 1.165) is 42.9 Å². The zero-order valence-corrected chi connectivity index (χ0v) is 11.2. The van der Waals surface area contributed by atoms with E-state index in [9.17, 15) is 0 Å². The van der Waals surface area contributed by atoms with Crippen LogP contribution in [-0.2, 0) is 0 Å². The summed E-state index contributed by atoms with van der Waals surface area (Å²) in [6.45, 7) is 2.06. The Morgan fingerprint density at radius 2 is 2.00 bits per heavy atom. The number of aromatic nitrogens is 4. The lowest BCUT2D eigenvalue weighted by Crippen LogP contribution is -2.33. The van der Waals surface area contributed by atoms with Crippen molar-refractivity contribution in [2.75, 3.05) is 18.0 Å². The van der Waals surface area contributed by atoms with E-state index in [1.54, 1.807) is 6.33 Å². The first kappa shape index (κ1) is 11.5. The number of imidazole rings is 2. The molecule has 20 heavy (non-hydrogen) atoms. The van der Waals surface area contributed by atoms with Crippen molar-refractivity contribution in [3.63, 3.8) is 0 Å². The second-order valence-corrected chi connectivity index (χ2v) is 5.35. The number of aromatic amines is 2. The molecule has 5 nitrogen and oxygen atoms in total. The summed E-state index contributed by atoms with van der Waals surface area (Å²) in [6, 6.07) is 8.18. The van der Waals surface area contributed by atoms with Gasteiger partial charge in [0.25, 0.3) is 0 Å². The molecule has 0 aliphatic carbocycles. The highest BCUT2D eigenvalue weighted by molar-refractivity contribution is 5.77. The predicted molar refractivity (Wildman–Crippen MR) is 78.9 cm³/mol. The number of hydrogen-bond acceptors (Lipinski definition) is 3. The third-order valence-electron chi connectivity index (χ3n) is 4.13. The Labute approximate surface area is 117 Å². The Bertz CT molecular complexity index is 659. The number of benzene rings is 1. The van der Waals surface area contributed by atoms with E-state index in [-0.39, 0.29) is 0 Å². The molecule has 0 radical (unpaired) electrons. The van der Waals surface area contributed by atoms with Gasteiger partial charge in [-0.15, -0.1) is 0 Å². The zero-order valence-electron chi connectivity index (χ0n) is 11.2. The molecule has 0 unspecified atom stereocenters. The summed E-state index contributed by atoms with van der Waals surface area (Å²) >= 11 is 0. The molecule has 0 amide bonds. The summed E-state index contributed by atoms with van der Waals surface area (Å²) in [7, 11) is 0. The number of para-hydroxylation sites is 2. The van der Waals surface area contributed by atoms with Crippen molar-refractivity contribution in [3.8, 4) is 0 Å². The molecule has 3 aromatic rings. The Morgan fingerprint density at radius 1 is 1.15 bits per heavy atom. The van der Waals surface area contributed by atoms with E-state index in [1.807, 2.05) is 24.4 Å². The Balaban J connectivity index is 1.51. The largest absolute Gasteiger partial charge is 0.348 e. The smallest absolute Gasteiger partial charge is 0.203 e. The minimum Gasteiger partial charge on any atom is -0.348 e. The average molecular weight is 267 g/mol. The molecule has 1 fully saturated rings. The number of hydrogen-bond donors (Lipinski definition) is 2. The number of fused-ring (bicyclic) bond motifs is 1. The monoisotopic (exact) mass is 267 g/mol. The minimum absolute atomic E-state index is 0.595. The maximum absolute atomic E-state index is 4.67. The molecule has 3 heterocycles. The van der Waals surface area contributed by atoms with Gasteiger partial charge in [-0.25, -0.2) is 9.97 Å². The maximum atomic E-state index is 4.67. The molecule has 1 saturated heterocycles. The van der Waals surface area contributed by atoms with Crippen LogP contribution in [0.5, 0.6) is 0 Å². The summed E-state index contributed by atoms with van der Waals surface area (Å²) in [5.74, 6) is 1.59. The first-order valence-corrected chi connectivity index (χ1v) is 7.08. The highest BCUT2D eigenvalue weighted by atomic mass is 15.3. The molecule has 0 saturated carbocycles. The van der Waals surface area contributed by atoms with Crippen LogP contribution < -0.4 is 4.90 Å². The lowest BCUT2D eigenvalue weighted by Gasteiger charge is -2.31. The van der Waals surface area contributed by atoms with Crippen LogP contribution in [0.25, 0.3) is 11.0 Å². The van der Waals surface area contributed by atoms with Crippen molar-refractivity contribution in [1.29, 1.82) is 0 Å². The van der Waals surface area contributed by atoms with Gasteiger partial charge in [-0.05, 0) is 25.0 Å². The summed E-state index contributed by atoms with van der Waals surface area (Å²) < 4.78 is 0. The van der Waals surface area contributed by atoms with Crippen molar-refractivity contribution < 1.29 is 0 Å². The van der Waals surface area contributed by atoms with Gasteiger partial charge < -0.3 is 14.9 Å². The molecule has 1 aliphatic rings. The molecule has 2 aromatic heterocycles. The maximum Gasteiger partial charge on any atom is 0.203 e. The molecule has 0 bridgehead atoms. The topological polar surface area (TPSA) is 60.6 Å².